The monoisotopic (exact) mass is 443 g/mol. The molecule has 4 rings (SSSR count). The molecular formula is C21H21N3O2S3. The minimum Gasteiger partial charge on any atom is -0.368 e. The number of carbonyl (C=O) groups is 2. The maximum Gasteiger partial charge on any atom is 0.228 e. The zero-order chi connectivity index (χ0) is 20.1. The predicted molar refractivity (Wildman–Crippen MR) is 120 cm³/mol. The van der Waals surface area contributed by atoms with E-state index >= 15 is 0 Å². The van der Waals surface area contributed by atoms with Crippen LogP contribution in [-0.4, -0.2) is 53.5 Å². The Morgan fingerprint density at radius 3 is 2.52 bits per heavy atom. The molecule has 0 bridgehead atoms. The number of anilines is 1. The lowest BCUT2D eigenvalue weighted by Crippen LogP contribution is -2.49. The number of carbonyl (C=O) groups excluding carboxylic acids is 2. The van der Waals surface area contributed by atoms with Gasteiger partial charge in [-0.15, -0.1) is 22.7 Å². The molecule has 8 heteroatoms. The van der Waals surface area contributed by atoms with E-state index in [-0.39, 0.29) is 11.7 Å². The first-order chi connectivity index (χ1) is 14.2. The van der Waals surface area contributed by atoms with Crippen molar-refractivity contribution in [1.29, 1.82) is 0 Å². The van der Waals surface area contributed by atoms with Crippen molar-refractivity contribution in [2.45, 2.75) is 10.8 Å². The minimum absolute atomic E-state index is 0.120. The van der Waals surface area contributed by atoms with Crippen molar-refractivity contribution < 1.29 is 9.59 Å². The fourth-order valence-electron chi connectivity index (χ4n) is 3.19. The lowest BCUT2D eigenvalue weighted by atomic mass is 10.2. The van der Waals surface area contributed by atoms with E-state index in [9.17, 15) is 9.59 Å². The van der Waals surface area contributed by atoms with Crippen molar-refractivity contribution in [2.24, 2.45) is 0 Å². The van der Waals surface area contributed by atoms with Gasteiger partial charge in [-0.3, -0.25) is 9.59 Å². The summed E-state index contributed by atoms with van der Waals surface area (Å²) < 4.78 is 0.839. The third-order valence-electron chi connectivity index (χ3n) is 4.74. The Hall–Kier alpha value is -2.16. The number of rotatable bonds is 7. The Kier molecular flexibility index (Phi) is 6.63. The number of para-hydroxylation sites is 1. The first kappa shape index (κ1) is 20.1. The maximum absolute atomic E-state index is 12.7. The van der Waals surface area contributed by atoms with Crippen LogP contribution < -0.4 is 4.90 Å². The van der Waals surface area contributed by atoms with E-state index in [0.29, 0.717) is 12.2 Å². The van der Waals surface area contributed by atoms with E-state index < -0.39 is 0 Å². The molecule has 1 saturated heterocycles. The van der Waals surface area contributed by atoms with Gasteiger partial charge >= 0.3 is 0 Å². The van der Waals surface area contributed by atoms with Crippen LogP contribution in [0.15, 0.2) is 57.6 Å². The van der Waals surface area contributed by atoms with Crippen molar-refractivity contribution in [3.63, 3.8) is 0 Å². The molecule has 2 aromatic heterocycles. The molecule has 0 aliphatic carbocycles. The van der Waals surface area contributed by atoms with Gasteiger partial charge in [0.05, 0.1) is 22.7 Å². The first-order valence-electron chi connectivity index (χ1n) is 9.41. The van der Waals surface area contributed by atoms with E-state index in [4.69, 9.17) is 0 Å². The highest BCUT2D eigenvalue weighted by Gasteiger charge is 2.22. The standard InChI is InChI=1S/C21H21N3O2S3/c25-18(19-7-4-12-27-19)15-29-21-22-16(14-28-21)13-20(26)24-10-8-23(9-11-24)17-5-2-1-3-6-17/h1-7,12,14H,8-11,13,15H2. The van der Waals surface area contributed by atoms with Crippen molar-refractivity contribution in [2.75, 3.05) is 36.8 Å². The van der Waals surface area contributed by atoms with E-state index in [0.717, 1.165) is 41.1 Å². The molecular weight excluding hydrogens is 422 g/mol. The molecule has 150 valence electrons. The highest BCUT2D eigenvalue weighted by Crippen LogP contribution is 2.25. The molecule has 1 fully saturated rings. The fourth-order valence-corrected chi connectivity index (χ4v) is 5.67. The quantitative estimate of drug-likeness (QED) is 0.407. The third-order valence-corrected chi connectivity index (χ3v) is 7.72. The Balaban J connectivity index is 1.25. The molecule has 3 heterocycles. The summed E-state index contributed by atoms with van der Waals surface area (Å²) in [4.78, 5) is 34.3. The number of ketones is 1. The van der Waals surface area contributed by atoms with Crippen molar-refractivity contribution in [3.8, 4) is 0 Å². The number of thiazole rings is 1. The summed E-state index contributed by atoms with van der Waals surface area (Å²) in [6.07, 6.45) is 0.321. The predicted octanol–water partition coefficient (Wildman–Crippen LogP) is 4.07. The smallest absolute Gasteiger partial charge is 0.228 e. The number of amides is 1. The molecule has 1 aliphatic heterocycles. The molecule has 0 radical (unpaired) electrons. The van der Waals surface area contributed by atoms with Gasteiger partial charge in [-0.25, -0.2) is 4.98 Å². The second-order valence-corrected chi connectivity index (χ2v) is 9.70. The third kappa shape index (κ3) is 5.26. The molecule has 0 unspecified atom stereocenters. The van der Waals surface area contributed by atoms with E-state index in [1.165, 1.54) is 40.1 Å². The maximum atomic E-state index is 12.7. The summed E-state index contributed by atoms with van der Waals surface area (Å²) in [5.41, 5.74) is 1.99. The van der Waals surface area contributed by atoms with Crippen molar-refractivity contribution in [1.82, 2.24) is 9.88 Å². The lowest BCUT2D eigenvalue weighted by molar-refractivity contribution is -0.130. The fraction of sp³-hybridized carbons (Fsp3) is 0.286. The number of thioether (sulfide) groups is 1. The van der Waals surface area contributed by atoms with Crippen LogP contribution in [0.5, 0.6) is 0 Å². The van der Waals surface area contributed by atoms with Gasteiger partial charge < -0.3 is 9.80 Å². The van der Waals surface area contributed by atoms with Gasteiger partial charge in [0.1, 0.15) is 0 Å². The van der Waals surface area contributed by atoms with Gasteiger partial charge in [0.2, 0.25) is 5.91 Å². The zero-order valence-electron chi connectivity index (χ0n) is 15.8. The molecule has 5 nitrogen and oxygen atoms in total. The van der Waals surface area contributed by atoms with Gasteiger partial charge in [-0.05, 0) is 23.6 Å². The Labute approximate surface area is 182 Å². The van der Waals surface area contributed by atoms with Gasteiger partial charge in [0.15, 0.2) is 10.1 Å². The normalized spacial score (nSPS) is 14.2. The van der Waals surface area contributed by atoms with Crippen LogP contribution in [0, 0.1) is 0 Å². The number of nitrogens with zero attached hydrogens (tertiary/aromatic N) is 3. The summed E-state index contributed by atoms with van der Waals surface area (Å²) in [7, 11) is 0. The molecule has 0 spiro atoms. The number of thiophene rings is 1. The SMILES string of the molecule is O=C(CSc1nc(CC(=O)N2CCN(c3ccccc3)CC2)cs1)c1cccs1. The van der Waals surface area contributed by atoms with E-state index in [1.807, 2.05) is 46.0 Å². The Morgan fingerprint density at radius 1 is 1.00 bits per heavy atom. The van der Waals surface area contributed by atoms with E-state index in [2.05, 4.69) is 22.0 Å². The zero-order valence-corrected chi connectivity index (χ0v) is 18.3. The summed E-state index contributed by atoms with van der Waals surface area (Å²) in [6, 6.07) is 14.0. The summed E-state index contributed by atoms with van der Waals surface area (Å²) in [6.45, 7) is 3.15. The highest BCUT2D eigenvalue weighted by atomic mass is 32.2. The second kappa shape index (κ2) is 9.56. The van der Waals surface area contributed by atoms with Gasteiger partial charge in [-0.1, -0.05) is 36.0 Å². The van der Waals surface area contributed by atoms with Crippen LogP contribution in [0.3, 0.4) is 0 Å². The first-order valence-corrected chi connectivity index (χ1v) is 12.2. The van der Waals surface area contributed by atoms with Crippen LogP contribution in [0.4, 0.5) is 5.69 Å². The Morgan fingerprint density at radius 2 is 1.79 bits per heavy atom. The molecule has 1 aromatic carbocycles. The summed E-state index contributed by atoms with van der Waals surface area (Å²) in [5.74, 6) is 0.617. The number of aromatic nitrogens is 1. The molecule has 1 amide bonds. The number of benzene rings is 1. The van der Waals surface area contributed by atoms with Crippen LogP contribution in [0.25, 0.3) is 0 Å². The highest BCUT2D eigenvalue weighted by molar-refractivity contribution is 8.01. The molecule has 29 heavy (non-hydrogen) atoms. The topological polar surface area (TPSA) is 53.5 Å². The number of hydrogen-bond donors (Lipinski definition) is 0. The number of Topliss-reactive ketones (excluding diaryl/α,β-unsaturated/α-hetero) is 1. The average molecular weight is 444 g/mol. The molecule has 0 N–H and O–H groups in total. The number of hydrogen-bond acceptors (Lipinski definition) is 7. The summed E-state index contributed by atoms with van der Waals surface area (Å²) >= 11 is 4.40. The van der Waals surface area contributed by atoms with Crippen LogP contribution >= 0.6 is 34.4 Å². The van der Waals surface area contributed by atoms with E-state index in [1.54, 1.807) is 0 Å². The second-order valence-electron chi connectivity index (χ2n) is 6.67. The average Bonchev–Trinajstić information content (AvgIpc) is 3.45. The molecule has 0 saturated carbocycles. The van der Waals surface area contributed by atoms with Gasteiger partial charge in [0.25, 0.3) is 0 Å². The van der Waals surface area contributed by atoms with Crippen molar-refractivity contribution >= 4 is 51.8 Å². The van der Waals surface area contributed by atoms with Gasteiger partial charge in [0, 0.05) is 37.2 Å². The summed E-state index contributed by atoms with van der Waals surface area (Å²) in [5, 5.41) is 3.83. The Bertz CT molecular complexity index is 949. The van der Waals surface area contributed by atoms with Gasteiger partial charge in [-0.2, -0.15) is 0 Å². The molecule has 3 aromatic rings. The van der Waals surface area contributed by atoms with Crippen LogP contribution in [0.2, 0.25) is 0 Å². The molecule has 0 atom stereocenters. The number of piperazine rings is 1. The van der Waals surface area contributed by atoms with Crippen LogP contribution in [-0.2, 0) is 11.2 Å². The minimum atomic E-state index is 0.120. The molecule has 1 aliphatic rings. The van der Waals surface area contributed by atoms with Crippen LogP contribution in [0.1, 0.15) is 15.4 Å². The lowest BCUT2D eigenvalue weighted by Gasteiger charge is -2.36. The largest absolute Gasteiger partial charge is 0.368 e. The van der Waals surface area contributed by atoms with Crippen molar-refractivity contribution in [3.05, 3.63) is 63.8 Å².